The number of benzene rings is 1. The van der Waals surface area contributed by atoms with Crippen molar-refractivity contribution in [1.29, 1.82) is 0 Å². The molecule has 12 heavy (non-hydrogen) atoms. The molecular weight excluding hydrogens is 161 g/mol. The fourth-order valence-corrected chi connectivity index (χ4v) is 0.744. The van der Waals surface area contributed by atoms with Gasteiger partial charge < -0.3 is 5.73 Å². The van der Waals surface area contributed by atoms with E-state index in [4.69, 9.17) is 5.73 Å². The lowest BCUT2D eigenvalue weighted by molar-refractivity contribution is -0.114. The molecule has 2 N–H and O–H groups in total. The van der Waals surface area contributed by atoms with Crippen molar-refractivity contribution in [2.24, 2.45) is 5.73 Å². The summed E-state index contributed by atoms with van der Waals surface area (Å²) < 4.78 is 12.3. The average Bonchev–Trinajstić information content (AvgIpc) is 2.04. The van der Waals surface area contributed by atoms with Gasteiger partial charge in [-0.1, -0.05) is 0 Å². The molecule has 0 fully saturated rings. The van der Waals surface area contributed by atoms with Gasteiger partial charge in [0.15, 0.2) is 0 Å². The minimum atomic E-state index is -1.04. The van der Waals surface area contributed by atoms with Crippen LogP contribution in [0.3, 0.4) is 0 Å². The molecule has 1 rings (SSSR count). The molecule has 0 heterocycles. The SMILES string of the molecule is NC(=O)C(=O)c1ccc(F)cc1. The van der Waals surface area contributed by atoms with Gasteiger partial charge in [0, 0.05) is 5.56 Å². The fourth-order valence-electron chi connectivity index (χ4n) is 0.744. The Bertz CT molecular complexity index is 318. The maximum absolute atomic E-state index is 12.3. The normalized spacial score (nSPS) is 9.42. The third-order valence-corrected chi connectivity index (χ3v) is 1.33. The minimum absolute atomic E-state index is 0.101. The van der Waals surface area contributed by atoms with Crippen molar-refractivity contribution in [3.8, 4) is 0 Å². The molecule has 0 aliphatic carbocycles. The lowest BCUT2D eigenvalue weighted by Gasteiger charge is -1.94. The number of carbonyl (C=O) groups is 2. The zero-order valence-corrected chi connectivity index (χ0v) is 6.08. The van der Waals surface area contributed by atoms with E-state index in [1.807, 2.05) is 0 Å². The van der Waals surface area contributed by atoms with Crippen LogP contribution in [0.4, 0.5) is 4.39 Å². The third kappa shape index (κ3) is 1.66. The molecule has 0 aliphatic rings. The molecule has 0 spiro atoms. The Balaban J connectivity index is 2.98. The Morgan fingerprint density at radius 3 is 2.08 bits per heavy atom. The maximum Gasteiger partial charge on any atom is 0.289 e. The molecule has 0 saturated heterocycles. The number of Topliss-reactive ketones (excluding diaryl/α,β-unsaturated/α-hetero) is 1. The van der Waals surface area contributed by atoms with Crippen molar-refractivity contribution in [3.63, 3.8) is 0 Å². The lowest BCUT2D eigenvalue weighted by atomic mass is 10.1. The third-order valence-electron chi connectivity index (χ3n) is 1.33. The van der Waals surface area contributed by atoms with Crippen LogP contribution in [0, 0.1) is 5.82 Å². The molecule has 3 nitrogen and oxygen atoms in total. The Morgan fingerprint density at radius 2 is 1.67 bits per heavy atom. The van der Waals surface area contributed by atoms with Crippen LogP contribution in [0.25, 0.3) is 0 Å². The maximum atomic E-state index is 12.3. The molecule has 0 saturated carbocycles. The number of hydrogen-bond acceptors (Lipinski definition) is 2. The fraction of sp³-hybridized carbons (Fsp3) is 0. The van der Waals surface area contributed by atoms with E-state index in [1.165, 1.54) is 12.1 Å². The molecule has 1 amide bonds. The van der Waals surface area contributed by atoms with E-state index in [0.29, 0.717) is 0 Å². The Kier molecular flexibility index (Phi) is 2.19. The van der Waals surface area contributed by atoms with Crippen molar-refractivity contribution >= 4 is 11.7 Å². The van der Waals surface area contributed by atoms with Gasteiger partial charge in [-0.15, -0.1) is 0 Å². The van der Waals surface area contributed by atoms with Gasteiger partial charge in [-0.2, -0.15) is 0 Å². The summed E-state index contributed by atoms with van der Waals surface area (Å²) in [6, 6.07) is 4.61. The van der Waals surface area contributed by atoms with E-state index in [0.717, 1.165) is 12.1 Å². The molecule has 0 aliphatic heterocycles. The van der Waals surface area contributed by atoms with Crippen LogP contribution in [0.15, 0.2) is 24.3 Å². The molecular formula is C8H6FNO2. The Labute approximate surface area is 68.0 Å². The van der Waals surface area contributed by atoms with Gasteiger partial charge in [0.1, 0.15) is 5.82 Å². The van der Waals surface area contributed by atoms with E-state index >= 15 is 0 Å². The molecule has 0 atom stereocenters. The highest BCUT2D eigenvalue weighted by molar-refractivity contribution is 6.42. The van der Waals surface area contributed by atoms with Crippen molar-refractivity contribution in [2.75, 3.05) is 0 Å². The highest BCUT2D eigenvalue weighted by Crippen LogP contribution is 2.02. The number of nitrogens with two attached hydrogens (primary N) is 1. The Morgan fingerprint density at radius 1 is 1.17 bits per heavy atom. The molecule has 0 aromatic heterocycles. The summed E-state index contributed by atoms with van der Waals surface area (Å²) in [5, 5.41) is 0. The smallest absolute Gasteiger partial charge is 0.289 e. The van der Waals surface area contributed by atoms with Gasteiger partial charge in [-0.25, -0.2) is 4.39 Å². The standard InChI is InChI=1S/C8H6FNO2/c9-6-3-1-5(2-4-6)7(11)8(10)12/h1-4H,(H2,10,12). The zero-order chi connectivity index (χ0) is 9.14. The van der Waals surface area contributed by atoms with Gasteiger partial charge in [0.05, 0.1) is 0 Å². The zero-order valence-electron chi connectivity index (χ0n) is 6.08. The van der Waals surface area contributed by atoms with E-state index in [2.05, 4.69) is 0 Å². The second-order valence-corrected chi connectivity index (χ2v) is 2.20. The highest BCUT2D eigenvalue weighted by atomic mass is 19.1. The number of rotatable bonds is 2. The highest BCUT2D eigenvalue weighted by Gasteiger charge is 2.10. The average molecular weight is 167 g/mol. The lowest BCUT2D eigenvalue weighted by Crippen LogP contribution is -2.22. The van der Waals surface area contributed by atoms with E-state index in [1.54, 1.807) is 0 Å². The molecule has 0 unspecified atom stereocenters. The molecule has 1 aromatic rings. The summed E-state index contributed by atoms with van der Waals surface area (Å²) in [5.41, 5.74) is 4.82. The monoisotopic (exact) mass is 167 g/mol. The number of halogens is 1. The predicted octanol–water partition coefficient (Wildman–Crippen LogP) is 0.494. The molecule has 4 heteroatoms. The molecule has 0 bridgehead atoms. The number of primary amides is 1. The summed E-state index contributed by atoms with van der Waals surface area (Å²) in [6.07, 6.45) is 0. The van der Waals surface area contributed by atoms with Crippen molar-refractivity contribution in [3.05, 3.63) is 35.6 Å². The second kappa shape index (κ2) is 3.13. The van der Waals surface area contributed by atoms with Crippen LogP contribution in [0.5, 0.6) is 0 Å². The van der Waals surface area contributed by atoms with E-state index in [-0.39, 0.29) is 5.56 Å². The summed E-state index contributed by atoms with van der Waals surface area (Å²) in [5.74, 6) is -2.31. The second-order valence-electron chi connectivity index (χ2n) is 2.20. The van der Waals surface area contributed by atoms with E-state index < -0.39 is 17.5 Å². The molecule has 0 radical (unpaired) electrons. The molecule has 1 aromatic carbocycles. The number of ketones is 1. The number of amides is 1. The van der Waals surface area contributed by atoms with Gasteiger partial charge in [0.25, 0.3) is 5.91 Å². The van der Waals surface area contributed by atoms with Crippen LogP contribution in [-0.2, 0) is 4.79 Å². The van der Waals surface area contributed by atoms with Crippen LogP contribution >= 0.6 is 0 Å². The summed E-state index contributed by atoms with van der Waals surface area (Å²) >= 11 is 0. The summed E-state index contributed by atoms with van der Waals surface area (Å²) in [4.78, 5) is 21.2. The topological polar surface area (TPSA) is 60.2 Å². The van der Waals surface area contributed by atoms with Gasteiger partial charge in [-0.05, 0) is 24.3 Å². The quantitative estimate of drug-likeness (QED) is 0.514. The van der Waals surface area contributed by atoms with E-state index in [9.17, 15) is 14.0 Å². The van der Waals surface area contributed by atoms with Crippen LogP contribution < -0.4 is 5.73 Å². The van der Waals surface area contributed by atoms with Crippen LogP contribution in [0.2, 0.25) is 0 Å². The van der Waals surface area contributed by atoms with Crippen molar-refractivity contribution in [1.82, 2.24) is 0 Å². The van der Waals surface area contributed by atoms with Crippen LogP contribution in [0.1, 0.15) is 10.4 Å². The summed E-state index contributed by atoms with van der Waals surface area (Å²) in [7, 11) is 0. The molecule has 62 valence electrons. The first kappa shape index (κ1) is 8.39. The first-order valence-electron chi connectivity index (χ1n) is 3.21. The first-order chi connectivity index (χ1) is 5.61. The number of carbonyl (C=O) groups excluding carboxylic acids is 2. The van der Waals surface area contributed by atoms with Crippen LogP contribution in [-0.4, -0.2) is 11.7 Å². The Hall–Kier alpha value is -1.71. The summed E-state index contributed by atoms with van der Waals surface area (Å²) in [6.45, 7) is 0. The first-order valence-corrected chi connectivity index (χ1v) is 3.21. The van der Waals surface area contributed by atoms with Gasteiger partial charge >= 0.3 is 0 Å². The predicted molar refractivity (Wildman–Crippen MR) is 39.9 cm³/mol. The van der Waals surface area contributed by atoms with Gasteiger partial charge in [0.2, 0.25) is 5.78 Å². The van der Waals surface area contributed by atoms with Crippen molar-refractivity contribution < 1.29 is 14.0 Å². The number of hydrogen-bond donors (Lipinski definition) is 1. The van der Waals surface area contributed by atoms with Gasteiger partial charge in [-0.3, -0.25) is 9.59 Å². The minimum Gasteiger partial charge on any atom is -0.363 e. The largest absolute Gasteiger partial charge is 0.363 e. The van der Waals surface area contributed by atoms with Crippen molar-refractivity contribution in [2.45, 2.75) is 0 Å².